The quantitative estimate of drug-likeness (QED) is 0.172. The van der Waals surface area contributed by atoms with Crippen molar-refractivity contribution >= 4 is 5.91 Å². The van der Waals surface area contributed by atoms with Crippen molar-refractivity contribution in [2.75, 3.05) is 19.6 Å². The highest BCUT2D eigenvalue weighted by molar-refractivity contribution is 5.78. The molecule has 29 heavy (non-hydrogen) atoms. The molecular weight excluding hydrogens is 356 g/mol. The molecule has 0 spiro atoms. The third kappa shape index (κ3) is 20.5. The Kier molecular flexibility index (Phi) is 23.2. The van der Waals surface area contributed by atoms with E-state index in [9.17, 15) is 4.79 Å². The van der Waals surface area contributed by atoms with Gasteiger partial charge in [0.1, 0.15) is 0 Å². The minimum absolute atomic E-state index is 0.251. The molecule has 0 aromatic carbocycles. The fraction of sp³-hybridized carbons (Fsp3) is 0.962. The first-order chi connectivity index (χ1) is 14.3. The highest BCUT2D eigenvalue weighted by Crippen LogP contribution is 2.19. The minimum Gasteiger partial charge on any atom is -0.356 e. The Hall–Kier alpha value is -0.570. The second-order valence-electron chi connectivity index (χ2n) is 8.91. The molecule has 2 N–H and O–H groups in total. The fourth-order valence-corrected chi connectivity index (χ4v) is 3.91. The molecule has 1 amide bonds. The van der Waals surface area contributed by atoms with Crippen molar-refractivity contribution in [2.24, 2.45) is 5.92 Å². The standard InChI is InChI=1S/C26H54N2O/c1-4-7-10-12-13-17-21-25(20-16-11-8-5-2)26(29)28-24-19-15-14-18-23-27-22-9-6-3/h25,27H,4-24H2,1-3H3,(H,28,29). The van der Waals surface area contributed by atoms with Gasteiger partial charge in [-0.15, -0.1) is 0 Å². The topological polar surface area (TPSA) is 41.1 Å². The molecule has 0 saturated heterocycles. The van der Waals surface area contributed by atoms with E-state index in [0.717, 1.165) is 38.9 Å². The van der Waals surface area contributed by atoms with E-state index in [0.29, 0.717) is 5.91 Å². The van der Waals surface area contributed by atoms with Gasteiger partial charge in [-0.05, 0) is 45.2 Å². The van der Waals surface area contributed by atoms with Crippen LogP contribution in [0.1, 0.15) is 136 Å². The maximum absolute atomic E-state index is 12.7. The third-order valence-corrected chi connectivity index (χ3v) is 5.97. The normalized spacial score (nSPS) is 12.2. The molecule has 0 saturated carbocycles. The summed E-state index contributed by atoms with van der Waals surface area (Å²) in [6, 6.07) is 0. The van der Waals surface area contributed by atoms with Gasteiger partial charge in [-0.25, -0.2) is 0 Å². The Labute approximate surface area is 183 Å². The van der Waals surface area contributed by atoms with Gasteiger partial charge in [0.15, 0.2) is 0 Å². The maximum Gasteiger partial charge on any atom is 0.223 e. The molecule has 174 valence electrons. The predicted octanol–water partition coefficient (Wildman–Crippen LogP) is 7.39. The maximum atomic E-state index is 12.7. The number of hydrogen-bond acceptors (Lipinski definition) is 2. The van der Waals surface area contributed by atoms with Crippen LogP contribution >= 0.6 is 0 Å². The third-order valence-electron chi connectivity index (χ3n) is 5.97. The van der Waals surface area contributed by atoms with Gasteiger partial charge in [0.05, 0.1) is 0 Å². The number of amides is 1. The molecule has 0 bridgehead atoms. The lowest BCUT2D eigenvalue weighted by atomic mass is 9.93. The summed E-state index contributed by atoms with van der Waals surface area (Å²) < 4.78 is 0. The summed E-state index contributed by atoms with van der Waals surface area (Å²) in [6.07, 6.45) is 22.6. The molecule has 3 nitrogen and oxygen atoms in total. The summed E-state index contributed by atoms with van der Waals surface area (Å²) >= 11 is 0. The van der Waals surface area contributed by atoms with Gasteiger partial charge in [0, 0.05) is 12.5 Å². The molecule has 0 fully saturated rings. The van der Waals surface area contributed by atoms with Crippen molar-refractivity contribution in [3.8, 4) is 0 Å². The predicted molar refractivity (Wildman–Crippen MR) is 129 cm³/mol. The van der Waals surface area contributed by atoms with Crippen LogP contribution in [0.4, 0.5) is 0 Å². The summed E-state index contributed by atoms with van der Waals surface area (Å²) in [6.45, 7) is 9.92. The molecule has 0 aliphatic heterocycles. The smallest absolute Gasteiger partial charge is 0.223 e. The van der Waals surface area contributed by atoms with Gasteiger partial charge in [0.2, 0.25) is 5.91 Å². The Morgan fingerprint density at radius 2 is 1.00 bits per heavy atom. The molecule has 0 aliphatic rings. The highest BCUT2D eigenvalue weighted by atomic mass is 16.1. The van der Waals surface area contributed by atoms with Gasteiger partial charge >= 0.3 is 0 Å². The van der Waals surface area contributed by atoms with Crippen molar-refractivity contribution in [2.45, 2.75) is 136 Å². The Balaban J connectivity index is 3.87. The lowest BCUT2D eigenvalue weighted by Crippen LogP contribution is -2.31. The summed E-state index contributed by atoms with van der Waals surface area (Å²) in [7, 11) is 0. The first-order valence-electron chi connectivity index (χ1n) is 13.2. The van der Waals surface area contributed by atoms with Crippen LogP contribution in [0.5, 0.6) is 0 Å². The van der Waals surface area contributed by atoms with Crippen molar-refractivity contribution in [1.82, 2.24) is 10.6 Å². The lowest BCUT2D eigenvalue weighted by Gasteiger charge is -2.17. The Bertz CT molecular complexity index is 333. The van der Waals surface area contributed by atoms with Crippen LogP contribution in [0, 0.1) is 5.92 Å². The summed E-state index contributed by atoms with van der Waals surface area (Å²) in [5.74, 6) is 0.581. The second-order valence-corrected chi connectivity index (χ2v) is 8.91. The molecule has 0 rings (SSSR count). The number of rotatable bonds is 23. The van der Waals surface area contributed by atoms with Gasteiger partial charge in [0.25, 0.3) is 0 Å². The van der Waals surface area contributed by atoms with E-state index in [4.69, 9.17) is 0 Å². The Morgan fingerprint density at radius 1 is 0.552 bits per heavy atom. The van der Waals surface area contributed by atoms with Crippen molar-refractivity contribution in [1.29, 1.82) is 0 Å². The summed E-state index contributed by atoms with van der Waals surface area (Å²) in [5, 5.41) is 6.75. The van der Waals surface area contributed by atoms with Crippen molar-refractivity contribution in [3.63, 3.8) is 0 Å². The van der Waals surface area contributed by atoms with Crippen LogP contribution in [-0.4, -0.2) is 25.5 Å². The van der Waals surface area contributed by atoms with Gasteiger partial charge < -0.3 is 10.6 Å². The van der Waals surface area contributed by atoms with E-state index < -0.39 is 0 Å². The second kappa shape index (κ2) is 23.7. The fourth-order valence-electron chi connectivity index (χ4n) is 3.91. The average molecular weight is 411 g/mol. The van der Waals surface area contributed by atoms with Crippen molar-refractivity contribution in [3.05, 3.63) is 0 Å². The van der Waals surface area contributed by atoms with Crippen molar-refractivity contribution < 1.29 is 4.79 Å². The SMILES string of the molecule is CCCCCCCCC(CCCCCC)C(=O)NCCCCCCNCCCC. The zero-order valence-electron chi connectivity index (χ0n) is 20.3. The number of nitrogens with one attached hydrogen (secondary N) is 2. The first kappa shape index (κ1) is 28.4. The van der Waals surface area contributed by atoms with E-state index in [-0.39, 0.29) is 5.92 Å². The summed E-state index contributed by atoms with van der Waals surface area (Å²) in [4.78, 5) is 12.7. The van der Waals surface area contributed by atoms with Crippen LogP contribution in [0.3, 0.4) is 0 Å². The van der Waals surface area contributed by atoms with Gasteiger partial charge in [-0.3, -0.25) is 4.79 Å². The minimum atomic E-state index is 0.251. The molecule has 0 aliphatic carbocycles. The molecule has 1 unspecified atom stereocenters. The van der Waals surface area contributed by atoms with E-state index in [1.807, 2.05) is 0 Å². The van der Waals surface area contributed by atoms with Crippen LogP contribution in [0.2, 0.25) is 0 Å². The molecule has 1 atom stereocenters. The van der Waals surface area contributed by atoms with Crippen LogP contribution in [0.15, 0.2) is 0 Å². The molecule has 0 radical (unpaired) electrons. The number of carbonyl (C=O) groups excluding carboxylic acids is 1. The average Bonchev–Trinajstić information content (AvgIpc) is 2.73. The molecule has 0 heterocycles. The molecule has 0 aromatic rings. The zero-order chi connectivity index (χ0) is 21.4. The molecular formula is C26H54N2O. The highest BCUT2D eigenvalue weighted by Gasteiger charge is 2.17. The largest absolute Gasteiger partial charge is 0.356 e. The van der Waals surface area contributed by atoms with Crippen LogP contribution < -0.4 is 10.6 Å². The van der Waals surface area contributed by atoms with E-state index >= 15 is 0 Å². The molecule has 3 heteroatoms. The number of unbranched alkanes of at least 4 members (excludes halogenated alkanes) is 12. The van der Waals surface area contributed by atoms with Gasteiger partial charge in [-0.1, -0.05) is 104 Å². The van der Waals surface area contributed by atoms with Gasteiger partial charge in [-0.2, -0.15) is 0 Å². The number of carbonyl (C=O) groups is 1. The van der Waals surface area contributed by atoms with Crippen LogP contribution in [-0.2, 0) is 4.79 Å². The monoisotopic (exact) mass is 410 g/mol. The Morgan fingerprint density at radius 3 is 1.62 bits per heavy atom. The van der Waals surface area contributed by atoms with E-state index in [2.05, 4.69) is 31.4 Å². The summed E-state index contributed by atoms with van der Waals surface area (Å²) in [5.41, 5.74) is 0. The lowest BCUT2D eigenvalue weighted by molar-refractivity contribution is -0.125. The molecule has 0 aromatic heterocycles. The van der Waals surface area contributed by atoms with Crippen LogP contribution in [0.25, 0.3) is 0 Å². The zero-order valence-corrected chi connectivity index (χ0v) is 20.3. The van der Waals surface area contributed by atoms with E-state index in [1.165, 1.54) is 96.3 Å². The van der Waals surface area contributed by atoms with E-state index in [1.54, 1.807) is 0 Å². The number of hydrogen-bond donors (Lipinski definition) is 2. The first-order valence-corrected chi connectivity index (χ1v) is 13.2.